The molecule has 3 aromatic rings. The van der Waals surface area contributed by atoms with Crippen LogP contribution in [0, 0.1) is 5.82 Å². The summed E-state index contributed by atoms with van der Waals surface area (Å²) in [5, 5.41) is 3.18. The van der Waals surface area contributed by atoms with Gasteiger partial charge in [0.25, 0.3) is 0 Å². The molecule has 1 N–H and O–H groups in total. The normalized spacial score (nSPS) is 16.3. The van der Waals surface area contributed by atoms with Crippen molar-refractivity contribution >= 4 is 17.4 Å². The quantitative estimate of drug-likeness (QED) is 0.655. The van der Waals surface area contributed by atoms with Crippen molar-refractivity contribution in [2.75, 3.05) is 11.9 Å². The van der Waals surface area contributed by atoms with Crippen molar-refractivity contribution < 1.29 is 9.18 Å². The van der Waals surface area contributed by atoms with Crippen molar-refractivity contribution in [2.45, 2.75) is 38.6 Å². The maximum absolute atomic E-state index is 13.6. The molecule has 6 nitrogen and oxygen atoms in total. The van der Waals surface area contributed by atoms with Crippen molar-refractivity contribution in [3.05, 3.63) is 66.5 Å². The van der Waals surface area contributed by atoms with Gasteiger partial charge in [0.05, 0.1) is 11.7 Å². The fourth-order valence-electron chi connectivity index (χ4n) is 3.77. The summed E-state index contributed by atoms with van der Waals surface area (Å²) in [4.78, 5) is 28.0. The third-order valence-corrected chi connectivity index (χ3v) is 5.24. The number of halogens is 1. The van der Waals surface area contributed by atoms with Gasteiger partial charge in [0, 0.05) is 42.7 Å². The van der Waals surface area contributed by atoms with Gasteiger partial charge in [0.2, 0.25) is 5.91 Å². The van der Waals surface area contributed by atoms with E-state index in [1.54, 1.807) is 24.5 Å². The number of nitrogens with zero attached hydrogens (tertiary/aromatic N) is 4. The highest BCUT2D eigenvalue weighted by Crippen LogP contribution is 2.32. The molecular weight excluding hydrogens is 381 g/mol. The zero-order valence-corrected chi connectivity index (χ0v) is 16.9. The smallest absolute Gasteiger partial charge is 0.222 e. The molecule has 0 spiro atoms. The fraction of sp³-hybridized carbons (Fsp3) is 0.304. The van der Waals surface area contributed by atoms with E-state index in [-0.39, 0.29) is 17.8 Å². The Balaban J connectivity index is 1.76. The van der Waals surface area contributed by atoms with Crippen LogP contribution in [-0.4, -0.2) is 32.3 Å². The largest absolute Gasteiger partial charge is 0.340 e. The van der Waals surface area contributed by atoms with Crippen LogP contribution in [0.1, 0.15) is 44.5 Å². The number of carbonyl (C=O) groups excluding carboxylic acids is 1. The van der Waals surface area contributed by atoms with Gasteiger partial charge in [-0.1, -0.05) is 13.0 Å². The molecule has 1 fully saturated rings. The van der Waals surface area contributed by atoms with Crippen LogP contribution in [0.25, 0.3) is 11.3 Å². The standard InChI is InChI=1S/C23H24FN5O/c1-2-22(30)29-13-4-3-8-20(29)23-27-19(16-9-11-25-12-10-16)15-21(28-23)26-18-7-5-6-17(24)14-18/h5-7,9-12,14-15,20H,2-4,8,13H2,1H3,(H,26,27,28). The number of amides is 1. The molecule has 1 aliphatic heterocycles. The number of pyridine rings is 1. The molecule has 3 heterocycles. The molecular formula is C23H24FN5O. The van der Waals surface area contributed by atoms with Crippen LogP contribution in [0.2, 0.25) is 0 Å². The lowest BCUT2D eigenvalue weighted by Crippen LogP contribution is -2.39. The first kappa shape index (κ1) is 19.9. The van der Waals surface area contributed by atoms with Crippen molar-refractivity contribution in [3.63, 3.8) is 0 Å². The van der Waals surface area contributed by atoms with Gasteiger partial charge >= 0.3 is 0 Å². The van der Waals surface area contributed by atoms with Crippen LogP contribution in [0.5, 0.6) is 0 Å². The number of likely N-dealkylation sites (tertiary alicyclic amines) is 1. The summed E-state index contributed by atoms with van der Waals surface area (Å²) < 4.78 is 13.6. The number of aromatic nitrogens is 3. The average molecular weight is 405 g/mol. The fourth-order valence-corrected chi connectivity index (χ4v) is 3.77. The van der Waals surface area contributed by atoms with E-state index in [0.717, 1.165) is 30.5 Å². The second-order valence-electron chi connectivity index (χ2n) is 7.32. The van der Waals surface area contributed by atoms with Crippen LogP contribution < -0.4 is 5.32 Å². The monoisotopic (exact) mass is 405 g/mol. The van der Waals surface area contributed by atoms with Crippen LogP contribution >= 0.6 is 0 Å². The van der Waals surface area contributed by atoms with Crippen LogP contribution in [-0.2, 0) is 4.79 Å². The molecule has 1 unspecified atom stereocenters. The summed E-state index contributed by atoms with van der Waals surface area (Å²) in [5.41, 5.74) is 2.24. The number of benzene rings is 1. The minimum absolute atomic E-state index is 0.109. The van der Waals surface area contributed by atoms with Crippen LogP contribution in [0.15, 0.2) is 54.9 Å². The van der Waals surface area contributed by atoms with Crippen molar-refractivity contribution in [2.24, 2.45) is 0 Å². The van der Waals surface area contributed by atoms with E-state index < -0.39 is 0 Å². The Morgan fingerprint density at radius 2 is 2.00 bits per heavy atom. The minimum atomic E-state index is -0.323. The molecule has 1 aliphatic rings. The second kappa shape index (κ2) is 8.98. The zero-order chi connectivity index (χ0) is 20.9. The van der Waals surface area contributed by atoms with Gasteiger partial charge in [-0.2, -0.15) is 0 Å². The van der Waals surface area contributed by atoms with Crippen molar-refractivity contribution in [3.8, 4) is 11.3 Å². The molecule has 0 bridgehead atoms. The van der Waals surface area contributed by atoms with Gasteiger partial charge in [0.1, 0.15) is 11.6 Å². The van der Waals surface area contributed by atoms with E-state index in [1.807, 2.05) is 30.0 Å². The predicted octanol–water partition coefficient (Wildman–Crippen LogP) is 4.88. The molecule has 2 aromatic heterocycles. The molecule has 30 heavy (non-hydrogen) atoms. The molecule has 7 heteroatoms. The second-order valence-corrected chi connectivity index (χ2v) is 7.32. The Morgan fingerprint density at radius 1 is 1.17 bits per heavy atom. The number of hydrogen-bond donors (Lipinski definition) is 1. The Bertz CT molecular complexity index is 1030. The van der Waals surface area contributed by atoms with Gasteiger partial charge in [-0.25, -0.2) is 14.4 Å². The van der Waals surface area contributed by atoms with Gasteiger partial charge < -0.3 is 10.2 Å². The Labute approximate surface area is 175 Å². The molecule has 0 saturated carbocycles. The van der Waals surface area contributed by atoms with Gasteiger partial charge in [-0.15, -0.1) is 0 Å². The van der Waals surface area contributed by atoms with Crippen LogP contribution in [0.4, 0.5) is 15.9 Å². The maximum atomic E-state index is 13.6. The first-order valence-corrected chi connectivity index (χ1v) is 10.3. The highest BCUT2D eigenvalue weighted by molar-refractivity contribution is 5.76. The molecule has 1 aromatic carbocycles. The van der Waals surface area contributed by atoms with Crippen molar-refractivity contribution in [1.29, 1.82) is 0 Å². The molecule has 0 aliphatic carbocycles. The number of rotatable bonds is 5. The Kier molecular flexibility index (Phi) is 5.97. The van der Waals surface area contributed by atoms with Crippen LogP contribution in [0.3, 0.4) is 0 Å². The first-order valence-electron chi connectivity index (χ1n) is 10.3. The summed E-state index contributed by atoms with van der Waals surface area (Å²) in [5.74, 6) is 0.949. The molecule has 1 amide bonds. The Morgan fingerprint density at radius 3 is 2.77 bits per heavy atom. The lowest BCUT2D eigenvalue weighted by Gasteiger charge is -2.35. The summed E-state index contributed by atoms with van der Waals surface area (Å²) in [6.07, 6.45) is 6.71. The van der Waals surface area contributed by atoms with E-state index in [1.165, 1.54) is 12.1 Å². The lowest BCUT2D eigenvalue weighted by atomic mass is 10.0. The number of piperidine rings is 1. The van der Waals surface area contributed by atoms with Gasteiger partial charge in [-0.3, -0.25) is 9.78 Å². The average Bonchev–Trinajstić information content (AvgIpc) is 2.79. The molecule has 0 radical (unpaired) electrons. The topological polar surface area (TPSA) is 71.0 Å². The maximum Gasteiger partial charge on any atom is 0.222 e. The molecule has 1 atom stereocenters. The molecule has 4 rings (SSSR count). The highest BCUT2D eigenvalue weighted by atomic mass is 19.1. The predicted molar refractivity (Wildman–Crippen MR) is 114 cm³/mol. The number of carbonyl (C=O) groups is 1. The van der Waals surface area contributed by atoms with Crippen molar-refractivity contribution in [1.82, 2.24) is 19.9 Å². The summed E-state index contributed by atoms with van der Waals surface area (Å²) in [6.45, 7) is 2.59. The first-order chi connectivity index (χ1) is 14.6. The number of nitrogens with one attached hydrogen (secondary N) is 1. The van der Waals surface area contributed by atoms with E-state index in [4.69, 9.17) is 9.97 Å². The SMILES string of the molecule is CCC(=O)N1CCCCC1c1nc(Nc2cccc(F)c2)cc(-c2ccncc2)n1. The van der Waals surface area contributed by atoms with E-state index in [2.05, 4.69) is 10.3 Å². The van der Waals surface area contributed by atoms with Gasteiger partial charge in [0.15, 0.2) is 5.82 Å². The number of hydrogen-bond acceptors (Lipinski definition) is 5. The molecule has 154 valence electrons. The van der Waals surface area contributed by atoms with Gasteiger partial charge in [-0.05, 0) is 49.6 Å². The minimum Gasteiger partial charge on any atom is -0.340 e. The summed E-state index contributed by atoms with van der Waals surface area (Å²) >= 11 is 0. The van der Waals surface area contributed by atoms with E-state index in [0.29, 0.717) is 30.3 Å². The third kappa shape index (κ3) is 4.45. The highest BCUT2D eigenvalue weighted by Gasteiger charge is 2.29. The summed E-state index contributed by atoms with van der Waals surface area (Å²) in [7, 11) is 0. The Hall–Kier alpha value is -3.35. The zero-order valence-electron chi connectivity index (χ0n) is 16.9. The van der Waals surface area contributed by atoms with E-state index >= 15 is 0 Å². The number of anilines is 2. The molecule has 1 saturated heterocycles. The summed E-state index contributed by atoms with van der Waals surface area (Å²) in [6, 6.07) is 11.7. The lowest BCUT2D eigenvalue weighted by molar-refractivity contribution is -0.134. The third-order valence-electron chi connectivity index (χ3n) is 5.24. The van der Waals surface area contributed by atoms with E-state index in [9.17, 15) is 9.18 Å².